The van der Waals surface area contributed by atoms with E-state index in [0.29, 0.717) is 48.6 Å². The number of H-pyrrole nitrogens is 1. The number of carbonyl (C=O) groups excluding carboxylic acids is 1. The number of amides is 1. The summed E-state index contributed by atoms with van der Waals surface area (Å²) < 4.78 is 28.5. The van der Waals surface area contributed by atoms with E-state index in [2.05, 4.69) is 15.1 Å². The standard InChI is InChI=1S/C29H28F2N8O/c30-18-3-1-17-14-29(26(32)20(17)12-18)5-7-37(8-6-29)22-15-33-24-27(34-22)35-36-28(24)38-9-10-39-23(40)4-2-16-11-19(31)13-21(38)25(16)39/h1,3,11-13,15,26H,2,4-10,14,32H2,(H,34,35,36)/t26-/m1/s1. The first-order valence-corrected chi connectivity index (χ1v) is 13.8. The number of rotatable bonds is 2. The summed E-state index contributed by atoms with van der Waals surface area (Å²) in [6, 6.07) is 7.80. The van der Waals surface area contributed by atoms with Gasteiger partial charge >= 0.3 is 0 Å². The molecule has 4 aromatic rings. The van der Waals surface area contributed by atoms with E-state index in [-0.39, 0.29) is 29.0 Å². The molecule has 2 aromatic carbocycles. The Balaban J connectivity index is 1.06. The molecule has 1 saturated heterocycles. The zero-order chi connectivity index (χ0) is 27.2. The van der Waals surface area contributed by atoms with Gasteiger partial charge in [-0.15, -0.1) is 0 Å². The van der Waals surface area contributed by atoms with Gasteiger partial charge in [0, 0.05) is 38.6 Å². The van der Waals surface area contributed by atoms with Gasteiger partial charge in [0.15, 0.2) is 17.0 Å². The average Bonchev–Trinajstić information content (AvgIpc) is 3.49. The molecule has 0 radical (unpaired) electrons. The molecule has 1 spiro atoms. The van der Waals surface area contributed by atoms with Crippen LogP contribution >= 0.6 is 0 Å². The van der Waals surface area contributed by atoms with Gasteiger partial charge < -0.3 is 20.4 Å². The Morgan fingerprint density at radius 3 is 2.65 bits per heavy atom. The second kappa shape index (κ2) is 8.44. The minimum absolute atomic E-state index is 0.0641. The van der Waals surface area contributed by atoms with Gasteiger partial charge in [-0.2, -0.15) is 5.10 Å². The molecule has 1 atom stereocenters. The molecular formula is C29H28F2N8O. The first kappa shape index (κ1) is 23.7. The van der Waals surface area contributed by atoms with Crippen LogP contribution in [-0.4, -0.2) is 52.3 Å². The zero-order valence-electron chi connectivity index (χ0n) is 21.8. The fraction of sp³-hybridized carbons (Fsp3) is 0.379. The van der Waals surface area contributed by atoms with Gasteiger partial charge in [0.2, 0.25) is 5.91 Å². The fourth-order valence-corrected chi connectivity index (χ4v) is 7.25. The minimum Gasteiger partial charge on any atom is -0.355 e. The van der Waals surface area contributed by atoms with Crippen LogP contribution in [0.5, 0.6) is 0 Å². The first-order chi connectivity index (χ1) is 19.4. The molecular weight excluding hydrogens is 514 g/mol. The highest BCUT2D eigenvalue weighted by Gasteiger charge is 2.46. The number of benzene rings is 2. The molecule has 2 aromatic heterocycles. The Morgan fingerprint density at radius 2 is 1.80 bits per heavy atom. The van der Waals surface area contributed by atoms with Crippen LogP contribution in [0.4, 0.5) is 31.8 Å². The number of nitrogens with zero attached hydrogens (tertiary/aromatic N) is 6. The van der Waals surface area contributed by atoms with Crippen LogP contribution in [0.1, 0.15) is 42.0 Å². The number of nitrogens with two attached hydrogens (primary N) is 1. The molecule has 11 heteroatoms. The van der Waals surface area contributed by atoms with Crippen molar-refractivity contribution in [1.29, 1.82) is 0 Å². The molecule has 9 nitrogen and oxygen atoms in total. The summed E-state index contributed by atoms with van der Waals surface area (Å²) in [4.78, 5) is 28.1. The third kappa shape index (κ3) is 3.39. The van der Waals surface area contributed by atoms with Crippen LogP contribution < -0.4 is 20.4 Å². The molecule has 1 fully saturated rings. The molecule has 1 aliphatic carbocycles. The van der Waals surface area contributed by atoms with Crippen LogP contribution in [0, 0.1) is 17.0 Å². The SMILES string of the molecule is N[C@@H]1c2cc(F)ccc2CC12CCN(c1cnc3c(N4CCN5C(=O)CCc6cc(F)cc4c65)n[nH]c3n1)CC2. The van der Waals surface area contributed by atoms with Gasteiger partial charge in [0.25, 0.3) is 0 Å². The number of aromatic amines is 1. The predicted molar refractivity (Wildman–Crippen MR) is 147 cm³/mol. The average molecular weight is 543 g/mol. The summed E-state index contributed by atoms with van der Waals surface area (Å²) in [5, 5.41) is 7.56. The van der Waals surface area contributed by atoms with E-state index in [1.807, 2.05) is 11.0 Å². The Labute approximate surface area is 229 Å². The van der Waals surface area contributed by atoms with Crippen molar-refractivity contribution < 1.29 is 13.6 Å². The summed E-state index contributed by atoms with van der Waals surface area (Å²) in [6.07, 6.45) is 5.31. The smallest absolute Gasteiger partial charge is 0.227 e. The number of hydrogen-bond donors (Lipinski definition) is 2. The summed E-state index contributed by atoms with van der Waals surface area (Å²) in [6.45, 7) is 2.53. The molecule has 0 saturated carbocycles. The highest BCUT2D eigenvalue weighted by molar-refractivity contribution is 6.03. The molecule has 0 unspecified atom stereocenters. The van der Waals surface area contributed by atoms with Crippen LogP contribution in [0.2, 0.25) is 0 Å². The van der Waals surface area contributed by atoms with Crippen LogP contribution in [-0.2, 0) is 17.6 Å². The van der Waals surface area contributed by atoms with Gasteiger partial charge in [-0.3, -0.25) is 9.89 Å². The Bertz CT molecular complexity index is 1700. The molecule has 3 aliphatic heterocycles. The van der Waals surface area contributed by atoms with E-state index < -0.39 is 0 Å². The third-order valence-electron chi connectivity index (χ3n) is 9.37. The third-order valence-corrected chi connectivity index (χ3v) is 9.37. The van der Waals surface area contributed by atoms with Crippen molar-refractivity contribution in [2.45, 2.75) is 38.1 Å². The first-order valence-electron chi connectivity index (χ1n) is 13.8. The molecule has 1 amide bonds. The van der Waals surface area contributed by atoms with Crippen LogP contribution in [0.3, 0.4) is 0 Å². The van der Waals surface area contributed by atoms with E-state index in [9.17, 15) is 13.6 Å². The second-order valence-corrected chi connectivity index (χ2v) is 11.4. The highest BCUT2D eigenvalue weighted by Crippen LogP contribution is 2.51. The summed E-state index contributed by atoms with van der Waals surface area (Å²) in [7, 11) is 0. The number of carbonyl (C=O) groups is 1. The molecule has 8 rings (SSSR count). The summed E-state index contributed by atoms with van der Waals surface area (Å²) >= 11 is 0. The van der Waals surface area contributed by atoms with E-state index in [1.54, 1.807) is 17.2 Å². The normalized spacial score (nSPS) is 21.3. The van der Waals surface area contributed by atoms with Crippen molar-refractivity contribution in [1.82, 2.24) is 20.2 Å². The van der Waals surface area contributed by atoms with E-state index in [1.165, 1.54) is 18.2 Å². The monoisotopic (exact) mass is 542 g/mol. The Kier molecular flexibility index (Phi) is 5.01. The number of aryl methyl sites for hydroxylation is 1. The number of nitrogens with one attached hydrogen (secondary N) is 1. The zero-order valence-corrected chi connectivity index (χ0v) is 21.8. The number of piperidine rings is 1. The van der Waals surface area contributed by atoms with Crippen LogP contribution in [0.15, 0.2) is 36.5 Å². The summed E-state index contributed by atoms with van der Waals surface area (Å²) in [5.41, 5.74) is 12.1. The predicted octanol–water partition coefficient (Wildman–Crippen LogP) is 3.90. The van der Waals surface area contributed by atoms with Crippen molar-refractivity contribution in [3.63, 3.8) is 0 Å². The number of anilines is 4. The lowest BCUT2D eigenvalue weighted by molar-refractivity contribution is -0.118. The molecule has 0 bridgehead atoms. The maximum Gasteiger partial charge on any atom is 0.227 e. The lowest BCUT2D eigenvalue weighted by atomic mass is 9.73. The number of aromatic nitrogens is 4. The maximum absolute atomic E-state index is 14.6. The molecule has 40 heavy (non-hydrogen) atoms. The lowest BCUT2D eigenvalue weighted by Gasteiger charge is -2.42. The maximum atomic E-state index is 14.6. The van der Waals surface area contributed by atoms with Crippen molar-refractivity contribution in [3.05, 3.63) is 64.9 Å². The van der Waals surface area contributed by atoms with Crippen molar-refractivity contribution >= 4 is 40.1 Å². The summed E-state index contributed by atoms with van der Waals surface area (Å²) in [5.74, 6) is 0.819. The molecule has 4 aliphatic rings. The fourth-order valence-electron chi connectivity index (χ4n) is 7.25. The number of fused-ring (bicyclic) bond motifs is 2. The molecule has 3 N–H and O–H groups in total. The molecule has 5 heterocycles. The van der Waals surface area contributed by atoms with E-state index in [4.69, 9.17) is 15.7 Å². The van der Waals surface area contributed by atoms with E-state index >= 15 is 0 Å². The van der Waals surface area contributed by atoms with Crippen LogP contribution in [0.25, 0.3) is 11.2 Å². The Hall–Kier alpha value is -4.12. The van der Waals surface area contributed by atoms with Crippen molar-refractivity contribution in [3.8, 4) is 0 Å². The van der Waals surface area contributed by atoms with E-state index in [0.717, 1.165) is 60.5 Å². The van der Waals surface area contributed by atoms with Gasteiger partial charge in [-0.25, -0.2) is 18.7 Å². The Morgan fingerprint density at radius 1 is 0.975 bits per heavy atom. The highest BCUT2D eigenvalue weighted by atomic mass is 19.1. The van der Waals surface area contributed by atoms with Gasteiger partial charge in [0.1, 0.15) is 17.5 Å². The van der Waals surface area contributed by atoms with Gasteiger partial charge in [-0.05, 0) is 72.1 Å². The number of halogens is 2. The largest absolute Gasteiger partial charge is 0.355 e. The lowest BCUT2D eigenvalue weighted by Crippen LogP contribution is -2.45. The quantitative estimate of drug-likeness (QED) is 0.396. The topological polar surface area (TPSA) is 107 Å². The number of hydrogen-bond acceptors (Lipinski definition) is 7. The second-order valence-electron chi connectivity index (χ2n) is 11.4. The van der Waals surface area contributed by atoms with Gasteiger partial charge in [0.05, 0.1) is 17.6 Å². The minimum atomic E-state index is -0.332. The van der Waals surface area contributed by atoms with Crippen molar-refractivity contribution in [2.24, 2.45) is 11.1 Å². The van der Waals surface area contributed by atoms with Gasteiger partial charge in [-0.1, -0.05) is 6.07 Å². The van der Waals surface area contributed by atoms with Crippen molar-refractivity contribution in [2.75, 3.05) is 40.9 Å². The molecule has 204 valence electrons.